The molecule has 0 unspecified atom stereocenters. The van der Waals surface area contributed by atoms with Crippen LogP contribution in [0, 0.1) is 5.41 Å². The lowest BCUT2D eigenvalue weighted by Gasteiger charge is -2.26. The van der Waals surface area contributed by atoms with Crippen LogP contribution in [-0.2, 0) is 14.3 Å². The summed E-state index contributed by atoms with van der Waals surface area (Å²) in [5.74, 6) is -2.06. The van der Waals surface area contributed by atoms with Crippen LogP contribution < -0.4 is 16.0 Å². The zero-order valence-electron chi connectivity index (χ0n) is 23.4. The number of imide groups is 1. The molecule has 10 nitrogen and oxygen atoms in total. The number of benzene rings is 2. The van der Waals surface area contributed by atoms with E-state index in [4.69, 9.17) is 4.74 Å². The van der Waals surface area contributed by atoms with E-state index in [1.165, 1.54) is 4.90 Å². The summed E-state index contributed by atoms with van der Waals surface area (Å²) in [7, 11) is 0. The standard InChI is InChI=1S/C30H38N4O6/c1-5-6-17-23(25(35)27(37)31-20(2)21-13-9-7-10-14-21)32-29(39)40-24-18-34(19-30(24,3)4)28(38)33-26(36)22-15-11-8-12-16-22/h7-16,20,23-24H,5-6,17-19H2,1-4H3,(H,31,37)(H,32,39)(H,33,36,38)/t20-,23+,24-/m1/s1. The number of ketones is 1. The Morgan fingerprint density at radius 2 is 1.60 bits per heavy atom. The van der Waals surface area contributed by atoms with E-state index in [1.807, 2.05) is 51.1 Å². The van der Waals surface area contributed by atoms with E-state index in [9.17, 15) is 24.0 Å². The number of rotatable bonds is 10. The topological polar surface area (TPSA) is 134 Å². The van der Waals surface area contributed by atoms with Crippen molar-refractivity contribution in [3.8, 4) is 0 Å². The van der Waals surface area contributed by atoms with Crippen LogP contribution in [0.5, 0.6) is 0 Å². The second-order valence-electron chi connectivity index (χ2n) is 10.7. The fourth-order valence-electron chi connectivity index (χ4n) is 4.53. The van der Waals surface area contributed by atoms with Gasteiger partial charge >= 0.3 is 12.1 Å². The first kappa shape index (κ1) is 30.3. The number of nitrogens with zero attached hydrogens (tertiary/aromatic N) is 1. The quantitative estimate of drug-likeness (QED) is 0.383. The first-order valence-corrected chi connectivity index (χ1v) is 13.5. The van der Waals surface area contributed by atoms with Crippen molar-refractivity contribution < 1.29 is 28.7 Å². The number of carbonyl (C=O) groups is 5. The van der Waals surface area contributed by atoms with Gasteiger partial charge in [-0.25, -0.2) is 9.59 Å². The van der Waals surface area contributed by atoms with Gasteiger partial charge in [0.2, 0.25) is 5.78 Å². The Morgan fingerprint density at radius 1 is 0.975 bits per heavy atom. The normalized spacial score (nSPS) is 17.3. The number of ether oxygens (including phenoxy) is 1. The number of amides is 5. The van der Waals surface area contributed by atoms with Crippen LogP contribution in [0.3, 0.4) is 0 Å². The van der Waals surface area contributed by atoms with Crippen LogP contribution >= 0.6 is 0 Å². The second kappa shape index (κ2) is 13.7. The van der Waals surface area contributed by atoms with E-state index in [0.717, 1.165) is 12.0 Å². The minimum absolute atomic E-state index is 0.0664. The summed E-state index contributed by atoms with van der Waals surface area (Å²) in [5.41, 5.74) is 0.589. The van der Waals surface area contributed by atoms with Crippen molar-refractivity contribution in [2.45, 2.75) is 65.1 Å². The number of nitrogens with one attached hydrogen (secondary N) is 3. The Kier molecular flexibility index (Phi) is 10.4. The monoisotopic (exact) mass is 550 g/mol. The molecule has 0 spiro atoms. The van der Waals surface area contributed by atoms with Crippen molar-refractivity contribution in [3.63, 3.8) is 0 Å². The molecule has 3 rings (SSSR count). The molecule has 2 aromatic carbocycles. The lowest BCUT2D eigenvalue weighted by molar-refractivity contribution is -0.139. The van der Waals surface area contributed by atoms with E-state index in [1.54, 1.807) is 37.3 Å². The molecule has 3 N–H and O–H groups in total. The van der Waals surface area contributed by atoms with Gasteiger partial charge in [0.1, 0.15) is 12.1 Å². The van der Waals surface area contributed by atoms with Crippen molar-refractivity contribution in [2.75, 3.05) is 13.1 Å². The van der Waals surface area contributed by atoms with E-state index in [0.29, 0.717) is 12.0 Å². The van der Waals surface area contributed by atoms with Gasteiger partial charge in [0.05, 0.1) is 12.6 Å². The van der Waals surface area contributed by atoms with Crippen molar-refractivity contribution >= 4 is 29.7 Å². The minimum Gasteiger partial charge on any atom is -0.444 e. The fraction of sp³-hybridized carbons (Fsp3) is 0.433. The summed E-state index contributed by atoms with van der Waals surface area (Å²) >= 11 is 0. The highest BCUT2D eigenvalue weighted by molar-refractivity contribution is 6.38. The van der Waals surface area contributed by atoms with Gasteiger partial charge < -0.3 is 20.3 Å². The Morgan fingerprint density at radius 3 is 2.23 bits per heavy atom. The summed E-state index contributed by atoms with van der Waals surface area (Å²) in [6.07, 6.45) is 0.125. The molecule has 1 aliphatic rings. The molecular formula is C30H38N4O6. The molecule has 1 saturated heterocycles. The van der Waals surface area contributed by atoms with Crippen molar-refractivity contribution in [1.82, 2.24) is 20.9 Å². The predicted molar refractivity (Wildman–Crippen MR) is 149 cm³/mol. The summed E-state index contributed by atoms with van der Waals surface area (Å²) in [5, 5.41) is 7.62. The SMILES string of the molecule is CCCC[C@H](NC(=O)O[C@@H]1CN(C(=O)NC(=O)c2ccccc2)CC1(C)C)C(=O)C(=O)N[C@H](C)c1ccccc1. The van der Waals surface area contributed by atoms with Crippen LogP contribution in [0.1, 0.15) is 68.9 Å². The highest BCUT2D eigenvalue weighted by atomic mass is 16.6. The molecule has 0 aliphatic carbocycles. The molecule has 0 saturated carbocycles. The van der Waals surface area contributed by atoms with Gasteiger partial charge in [-0.2, -0.15) is 0 Å². The average molecular weight is 551 g/mol. The molecule has 40 heavy (non-hydrogen) atoms. The van der Waals surface area contributed by atoms with E-state index in [-0.39, 0.29) is 25.6 Å². The number of carbonyl (C=O) groups excluding carboxylic acids is 5. The lowest BCUT2D eigenvalue weighted by atomic mass is 9.90. The number of urea groups is 1. The van der Waals surface area contributed by atoms with Crippen LogP contribution in [0.4, 0.5) is 9.59 Å². The molecule has 1 fully saturated rings. The minimum atomic E-state index is -1.05. The molecule has 5 amide bonds. The Labute approximate surface area is 234 Å². The molecule has 214 valence electrons. The van der Waals surface area contributed by atoms with E-state index >= 15 is 0 Å². The van der Waals surface area contributed by atoms with Crippen LogP contribution in [0.15, 0.2) is 60.7 Å². The molecule has 1 aliphatic heterocycles. The van der Waals surface area contributed by atoms with Gasteiger partial charge in [0.15, 0.2) is 0 Å². The molecule has 0 bridgehead atoms. The number of likely N-dealkylation sites (tertiary alicyclic amines) is 1. The lowest BCUT2D eigenvalue weighted by Crippen LogP contribution is -2.49. The Balaban J connectivity index is 1.58. The average Bonchev–Trinajstić information content (AvgIpc) is 3.24. The highest BCUT2D eigenvalue weighted by Crippen LogP contribution is 2.32. The number of hydrogen-bond donors (Lipinski definition) is 3. The third kappa shape index (κ3) is 8.14. The van der Waals surface area contributed by atoms with Gasteiger partial charge in [0.25, 0.3) is 11.8 Å². The zero-order chi connectivity index (χ0) is 29.3. The van der Waals surface area contributed by atoms with Crippen molar-refractivity contribution in [1.29, 1.82) is 0 Å². The van der Waals surface area contributed by atoms with Crippen molar-refractivity contribution in [2.24, 2.45) is 5.41 Å². The predicted octanol–water partition coefficient (Wildman–Crippen LogP) is 3.98. The Bertz CT molecular complexity index is 1200. The molecule has 0 radical (unpaired) electrons. The first-order valence-electron chi connectivity index (χ1n) is 13.5. The zero-order valence-corrected chi connectivity index (χ0v) is 23.4. The summed E-state index contributed by atoms with van der Waals surface area (Å²) in [6.45, 7) is 7.72. The number of Topliss-reactive ketones (excluding diaryl/α,β-unsaturated/α-hetero) is 1. The maximum absolute atomic E-state index is 13.0. The van der Waals surface area contributed by atoms with E-state index in [2.05, 4.69) is 16.0 Å². The van der Waals surface area contributed by atoms with Crippen LogP contribution in [0.2, 0.25) is 0 Å². The maximum atomic E-state index is 13.0. The van der Waals surface area contributed by atoms with Gasteiger partial charge in [-0.1, -0.05) is 82.1 Å². The smallest absolute Gasteiger partial charge is 0.408 e. The Hall–Kier alpha value is -4.21. The van der Waals surface area contributed by atoms with Gasteiger partial charge in [-0.05, 0) is 31.0 Å². The maximum Gasteiger partial charge on any atom is 0.408 e. The van der Waals surface area contributed by atoms with Crippen molar-refractivity contribution in [3.05, 3.63) is 71.8 Å². The number of unbranched alkanes of at least 4 members (excludes halogenated alkanes) is 1. The first-order chi connectivity index (χ1) is 19.0. The van der Waals surface area contributed by atoms with E-state index < -0.39 is 47.3 Å². The number of alkyl carbamates (subject to hydrolysis) is 1. The third-order valence-corrected chi connectivity index (χ3v) is 6.98. The molecule has 1 heterocycles. The van der Waals surface area contributed by atoms with Gasteiger partial charge in [0, 0.05) is 17.5 Å². The summed E-state index contributed by atoms with van der Waals surface area (Å²) < 4.78 is 5.65. The summed E-state index contributed by atoms with van der Waals surface area (Å²) in [6, 6.07) is 15.6. The van der Waals surface area contributed by atoms with Crippen LogP contribution in [0.25, 0.3) is 0 Å². The van der Waals surface area contributed by atoms with Gasteiger partial charge in [-0.3, -0.25) is 19.7 Å². The molecule has 10 heteroatoms. The molecular weight excluding hydrogens is 512 g/mol. The summed E-state index contributed by atoms with van der Waals surface area (Å²) in [4.78, 5) is 65.2. The van der Waals surface area contributed by atoms with Gasteiger partial charge in [-0.15, -0.1) is 0 Å². The molecule has 0 aromatic heterocycles. The fourth-order valence-corrected chi connectivity index (χ4v) is 4.53. The molecule has 2 aromatic rings. The third-order valence-electron chi connectivity index (χ3n) is 6.98. The molecule has 3 atom stereocenters. The second-order valence-corrected chi connectivity index (χ2v) is 10.7. The highest BCUT2D eigenvalue weighted by Gasteiger charge is 2.44. The largest absolute Gasteiger partial charge is 0.444 e. The number of hydrogen-bond acceptors (Lipinski definition) is 6. The van der Waals surface area contributed by atoms with Crippen LogP contribution in [-0.4, -0.2) is 59.9 Å².